The first-order valence-electron chi connectivity index (χ1n) is 5.64. The summed E-state index contributed by atoms with van der Waals surface area (Å²) in [6.45, 7) is 7.06. The average Bonchev–Trinajstić information content (AvgIpc) is 2.27. The van der Waals surface area contributed by atoms with Gasteiger partial charge >= 0.3 is 0 Å². The molecule has 0 aliphatic carbocycles. The van der Waals surface area contributed by atoms with Gasteiger partial charge in [0, 0.05) is 24.7 Å². The molecule has 0 aliphatic rings. The maximum atomic E-state index is 10.5. The van der Waals surface area contributed by atoms with Gasteiger partial charge in [-0.3, -0.25) is 10.1 Å². The first kappa shape index (κ1) is 13.4. The molecule has 1 rings (SSSR count). The highest BCUT2D eigenvalue weighted by molar-refractivity contribution is 5.54. The van der Waals surface area contributed by atoms with Crippen molar-refractivity contribution in [1.82, 2.24) is 5.32 Å². The Morgan fingerprint density at radius 1 is 1.41 bits per heavy atom. The molecule has 0 spiro atoms. The Hall–Kier alpha value is -1.68. The summed E-state index contributed by atoms with van der Waals surface area (Å²) in [5, 5.41) is 13.8. The minimum Gasteiger partial charge on any atom is -0.311 e. The van der Waals surface area contributed by atoms with Crippen molar-refractivity contribution in [3.63, 3.8) is 0 Å². The van der Waals surface area contributed by atoms with E-state index in [2.05, 4.69) is 19.2 Å². The third kappa shape index (κ3) is 4.78. The highest BCUT2D eigenvalue weighted by Crippen LogP contribution is 2.14. The summed E-state index contributed by atoms with van der Waals surface area (Å²) in [6, 6.07) is 7.02. The first-order chi connectivity index (χ1) is 7.99. The molecule has 1 aromatic rings. The zero-order chi connectivity index (χ0) is 12.8. The molecule has 0 bridgehead atoms. The lowest BCUT2D eigenvalue weighted by atomic mass is 10.1. The van der Waals surface area contributed by atoms with E-state index in [1.54, 1.807) is 12.1 Å². The summed E-state index contributed by atoms with van der Waals surface area (Å²) in [7, 11) is 0. The maximum absolute atomic E-state index is 10.5. The Morgan fingerprint density at radius 3 is 2.47 bits per heavy atom. The van der Waals surface area contributed by atoms with Gasteiger partial charge in [0.2, 0.25) is 0 Å². The number of non-ortho nitro benzene ring substituents is 1. The van der Waals surface area contributed by atoms with Crippen molar-refractivity contribution in [2.75, 3.05) is 6.54 Å². The number of nitro groups is 1. The van der Waals surface area contributed by atoms with Crippen LogP contribution in [0.25, 0.3) is 6.08 Å². The number of nitrogens with zero attached hydrogens (tertiary/aromatic N) is 1. The Morgan fingerprint density at radius 2 is 2.00 bits per heavy atom. The summed E-state index contributed by atoms with van der Waals surface area (Å²) >= 11 is 0. The normalized spacial score (nSPS) is 11.9. The van der Waals surface area contributed by atoms with Crippen molar-refractivity contribution < 1.29 is 4.92 Å². The second-order valence-electron chi connectivity index (χ2n) is 4.37. The van der Waals surface area contributed by atoms with E-state index >= 15 is 0 Å². The van der Waals surface area contributed by atoms with Gasteiger partial charge in [-0.1, -0.05) is 25.5 Å². The summed E-state index contributed by atoms with van der Waals surface area (Å²) < 4.78 is 0. The lowest BCUT2D eigenvalue weighted by Gasteiger charge is -2.08. The van der Waals surface area contributed by atoms with Crippen molar-refractivity contribution in [1.29, 1.82) is 0 Å². The lowest BCUT2D eigenvalue weighted by Crippen LogP contribution is -2.24. The van der Waals surface area contributed by atoms with Crippen molar-refractivity contribution >= 4 is 11.8 Å². The van der Waals surface area contributed by atoms with Crippen LogP contribution in [0.1, 0.15) is 26.3 Å². The minimum atomic E-state index is -0.388. The van der Waals surface area contributed by atoms with Crippen LogP contribution in [-0.2, 0) is 0 Å². The van der Waals surface area contributed by atoms with Crippen LogP contribution in [0.5, 0.6) is 0 Å². The molecule has 0 unspecified atom stereocenters. The molecule has 0 radical (unpaired) electrons. The van der Waals surface area contributed by atoms with Crippen LogP contribution in [0, 0.1) is 10.1 Å². The molecule has 4 heteroatoms. The topological polar surface area (TPSA) is 55.2 Å². The number of nitro benzene ring substituents is 1. The predicted octanol–water partition coefficient (Wildman–Crippen LogP) is 3.00. The molecule has 0 heterocycles. The monoisotopic (exact) mass is 234 g/mol. The third-order valence-electron chi connectivity index (χ3n) is 2.31. The quantitative estimate of drug-likeness (QED) is 0.629. The third-order valence-corrected chi connectivity index (χ3v) is 2.31. The Kier molecular flexibility index (Phi) is 4.84. The van der Waals surface area contributed by atoms with Gasteiger partial charge in [-0.15, -0.1) is 0 Å². The zero-order valence-electron chi connectivity index (χ0n) is 10.4. The predicted molar refractivity (Wildman–Crippen MR) is 69.9 cm³/mol. The molecule has 0 atom stereocenters. The number of hydrogen-bond donors (Lipinski definition) is 1. The molecule has 4 nitrogen and oxygen atoms in total. The summed E-state index contributed by atoms with van der Waals surface area (Å²) in [4.78, 5) is 10.1. The van der Waals surface area contributed by atoms with Gasteiger partial charge in [-0.2, -0.15) is 0 Å². The van der Waals surface area contributed by atoms with Gasteiger partial charge in [-0.05, 0) is 24.6 Å². The molecule has 0 aromatic heterocycles. The van der Waals surface area contributed by atoms with Gasteiger partial charge < -0.3 is 5.32 Å². The van der Waals surface area contributed by atoms with Crippen LogP contribution in [0.3, 0.4) is 0 Å². The van der Waals surface area contributed by atoms with Gasteiger partial charge in [0.1, 0.15) is 0 Å². The molecular weight excluding hydrogens is 216 g/mol. The second-order valence-corrected chi connectivity index (χ2v) is 4.37. The molecule has 0 fully saturated rings. The largest absolute Gasteiger partial charge is 0.311 e. The van der Waals surface area contributed by atoms with Crippen molar-refractivity contribution in [2.24, 2.45) is 0 Å². The first-order valence-corrected chi connectivity index (χ1v) is 5.64. The highest BCUT2D eigenvalue weighted by atomic mass is 16.6. The second kappa shape index (κ2) is 6.15. The molecule has 0 aliphatic heterocycles. The van der Waals surface area contributed by atoms with Crippen molar-refractivity contribution in [2.45, 2.75) is 26.8 Å². The van der Waals surface area contributed by atoms with E-state index in [9.17, 15) is 10.1 Å². The van der Waals surface area contributed by atoms with E-state index in [0.29, 0.717) is 6.04 Å². The molecule has 0 amide bonds. The average molecular weight is 234 g/mol. The lowest BCUT2D eigenvalue weighted by molar-refractivity contribution is -0.384. The number of benzene rings is 1. The smallest absolute Gasteiger partial charge is 0.269 e. The molecule has 1 aromatic carbocycles. The Balaban J connectivity index is 2.67. The summed E-state index contributed by atoms with van der Waals surface area (Å²) in [6.07, 6.45) is 2.03. The van der Waals surface area contributed by atoms with Gasteiger partial charge in [0.25, 0.3) is 5.69 Å². The van der Waals surface area contributed by atoms with Gasteiger partial charge in [0.15, 0.2) is 0 Å². The van der Waals surface area contributed by atoms with Crippen LogP contribution in [0.15, 0.2) is 29.8 Å². The van der Waals surface area contributed by atoms with Crippen LogP contribution in [0.2, 0.25) is 0 Å². The van der Waals surface area contributed by atoms with E-state index in [1.807, 2.05) is 13.0 Å². The molecule has 1 N–H and O–H groups in total. The Labute approximate surface area is 101 Å². The molecule has 0 saturated carbocycles. The fourth-order valence-electron chi connectivity index (χ4n) is 1.39. The SMILES string of the molecule is CC(=Cc1ccc([N+](=O)[O-])cc1)CNC(C)C. The molecule has 92 valence electrons. The number of nitrogens with one attached hydrogen (secondary N) is 1. The van der Waals surface area contributed by atoms with E-state index in [4.69, 9.17) is 0 Å². The maximum Gasteiger partial charge on any atom is 0.269 e. The molecular formula is C13H18N2O2. The number of rotatable bonds is 5. The van der Waals surface area contributed by atoms with Crippen molar-refractivity contribution in [3.8, 4) is 0 Å². The van der Waals surface area contributed by atoms with Crippen LogP contribution in [-0.4, -0.2) is 17.5 Å². The summed E-state index contributed by atoms with van der Waals surface area (Å²) in [5.74, 6) is 0. The van der Waals surface area contributed by atoms with E-state index in [0.717, 1.165) is 12.1 Å². The standard InChI is InChI=1S/C13H18N2O2/c1-10(2)14-9-11(3)8-12-4-6-13(7-5-12)15(16)17/h4-8,10,14H,9H2,1-3H3. The van der Waals surface area contributed by atoms with E-state index < -0.39 is 0 Å². The van der Waals surface area contributed by atoms with E-state index in [1.165, 1.54) is 17.7 Å². The van der Waals surface area contributed by atoms with Crippen LogP contribution < -0.4 is 5.32 Å². The fourth-order valence-corrected chi connectivity index (χ4v) is 1.39. The van der Waals surface area contributed by atoms with Crippen LogP contribution in [0.4, 0.5) is 5.69 Å². The van der Waals surface area contributed by atoms with Crippen molar-refractivity contribution in [3.05, 3.63) is 45.5 Å². The summed E-state index contributed by atoms with van der Waals surface area (Å²) in [5.41, 5.74) is 2.31. The Bertz CT molecular complexity index is 408. The highest BCUT2D eigenvalue weighted by Gasteiger charge is 2.02. The number of hydrogen-bond acceptors (Lipinski definition) is 3. The van der Waals surface area contributed by atoms with E-state index in [-0.39, 0.29) is 10.6 Å². The molecule has 0 saturated heterocycles. The fraction of sp³-hybridized carbons (Fsp3) is 0.385. The van der Waals surface area contributed by atoms with Gasteiger partial charge in [-0.25, -0.2) is 0 Å². The zero-order valence-corrected chi connectivity index (χ0v) is 10.4. The van der Waals surface area contributed by atoms with Gasteiger partial charge in [0.05, 0.1) is 4.92 Å². The van der Waals surface area contributed by atoms with Crippen LogP contribution >= 0.6 is 0 Å². The molecule has 17 heavy (non-hydrogen) atoms. The minimum absolute atomic E-state index is 0.125.